The van der Waals surface area contributed by atoms with Crippen LogP contribution >= 0.6 is 12.2 Å². The molecule has 1 unspecified atom stereocenters. The molecule has 0 aromatic heterocycles. The van der Waals surface area contributed by atoms with Gasteiger partial charge in [0.1, 0.15) is 4.99 Å². The number of carbonyl (C=O) groups excluding carboxylic acids is 1. The van der Waals surface area contributed by atoms with Crippen LogP contribution in [0, 0.1) is 0 Å². The molecule has 1 aromatic rings. The second kappa shape index (κ2) is 8.68. The number of thiocarbonyl (C=S) groups is 1. The lowest BCUT2D eigenvalue weighted by Crippen LogP contribution is -2.44. The van der Waals surface area contributed by atoms with Crippen molar-refractivity contribution in [1.29, 1.82) is 0 Å². The zero-order valence-corrected chi connectivity index (χ0v) is 12.8. The fraction of sp³-hybridized carbons (Fsp3) is 0.429. The molecule has 21 heavy (non-hydrogen) atoms. The first-order chi connectivity index (χ1) is 9.99. The van der Waals surface area contributed by atoms with Gasteiger partial charge in [-0.15, -0.1) is 0 Å². The van der Waals surface area contributed by atoms with Crippen molar-refractivity contribution in [3.8, 4) is 0 Å². The third-order valence-electron chi connectivity index (χ3n) is 3.14. The van der Waals surface area contributed by atoms with E-state index in [2.05, 4.69) is 5.32 Å². The summed E-state index contributed by atoms with van der Waals surface area (Å²) >= 11 is 4.86. The lowest BCUT2D eigenvalue weighted by Gasteiger charge is -2.26. The Morgan fingerprint density at radius 2 is 1.81 bits per heavy atom. The summed E-state index contributed by atoms with van der Waals surface area (Å²) in [7, 11) is 0. The highest BCUT2D eigenvalue weighted by atomic mass is 32.1. The van der Waals surface area contributed by atoms with E-state index < -0.39 is 6.04 Å². The van der Waals surface area contributed by atoms with Crippen molar-refractivity contribution in [2.24, 2.45) is 5.73 Å². The number of carbonyl (C=O) groups is 1. The minimum Gasteiger partial charge on any atom is -0.395 e. The number of aliphatic hydroxyl groups excluding tert-OH is 2. The molecule has 1 amide bonds. The maximum Gasteiger partial charge on any atom is 0.241 e. The lowest BCUT2D eigenvalue weighted by atomic mass is 10.2. The third kappa shape index (κ3) is 5.39. The molecule has 0 aliphatic heterocycles. The van der Waals surface area contributed by atoms with E-state index in [4.69, 9.17) is 28.2 Å². The van der Waals surface area contributed by atoms with Gasteiger partial charge in [-0.05, 0) is 31.2 Å². The van der Waals surface area contributed by atoms with Gasteiger partial charge in [-0.2, -0.15) is 0 Å². The zero-order valence-electron chi connectivity index (χ0n) is 12.0. The monoisotopic (exact) mass is 311 g/mol. The largest absolute Gasteiger partial charge is 0.395 e. The quantitative estimate of drug-likeness (QED) is 0.502. The van der Waals surface area contributed by atoms with Crippen LogP contribution in [-0.4, -0.2) is 58.4 Å². The van der Waals surface area contributed by atoms with E-state index >= 15 is 0 Å². The number of nitrogens with zero attached hydrogens (tertiary/aromatic N) is 1. The van der Waals surface area contributed by atoms with E-state index in [1.165, 1.54) is 0 Å². The van der Waals surface area contributed by atoms with Crippen molar-refractivity contribution in [3.63, 3.8) is 0 Å². The Morgan fingerprint density at radius 1 is 1.29 bits per heavy atom. The number of nitrogens with two attached hydrogens (primary N) is 1. The van der Waals surface area contributed by atoms with Gasteiger partial charge >= 0.3 is 0 Å². The molecule has 116 valence electrons. The molecular weight excluding hydrogens is 290 g/mol. The molecule has 0 radical (unpaired) electrons. The number of hydrogen-bond donors (Lipinski definition) is 4. The van der Waals surface area contributed by atoms with E-state index in [9.17, 15) is 4.79 Å². The molecule has 0 heterocycles. The predicted molar refractivity (Wildman–Crippen MR) is 86.2 cm³/mol. The Balaban J connectivity index is 2.67. The highest BCUT2D eigenvalue weighted by Crippen LogP contribution is 2.11. The van der Waals surface area contributed by atoms with Gasteiger partial charge in [0, 0.05) is 24.3 Å². The van der Waals surface area contributed by atoms with Crippen LogP contribution < -0.4 is 11.1 Å². The van der Waals surface area contributed by atoms with Gasteiger partial charge in [0.15, 0.2) is 0 Å². The molecule has 0 spiro atoms. The molecule has 1 rings (SSSR count). The highest BCUT2D eigenvalue weighted by Gasteiger charge is 2.20. The summed E-state index contributed by atoms with van der Waals surface area (Å²) in [5.41, 5.74) is 6.88. The molecular formula is C14H21N3O3S. The Hall–Kier alpha value is -1.54. The summed E-state index contributed by atoms with van der Waals surface area (Å²) in [5.74, 6) is -0.208. The van der Waals surface area contributed by atoms with Crippen LogP contribution in [0.15, 0.2) is 24.3 Å². The lowest BCUT2D eigenvalue weighted by molar-refractivity contribution is -0.121. The maximum atomic E-state index is 12.2. The van der Waals surface area contributed by atoms with Crippen molar-refractivity contribution in [3.05, 3.63) is 29.8 Å². The Morgan fingerprint density at radius 3 is 2.24 bits per heavy atom. The molecule has 0 bridgehead atoms. The van der Waals surface area contributed by atoms with Crippen molar-refractivity contribution in [2.75, 3.05) is 31.6 Å². The number of hydrogen-bond acceptors (Lipinski definition) is 5. The van der Waals surface area contributed by atoms with Crippen molar-refractivity contribution in [2.45, 2.75) is 13.0 Å². The summed E-state index contributed by atoms with van der Waals surface area (Å²) < 4.78 is 0. The van der Waals surface area contributed by atoms with E-state index in [0.29, 0.717) is 23.8 Å². The molecule has 5 N–H and O–H groups in total. The Kier molecular flexibility index (Phi) is 7.24. The van der Waals surface area contributed by atoms with Crippen molar-refractivity contribution < 1.29 is 15.0 Å². The fourth-order valence-corrected chi connectivity index (χ4v) is 2.02. The molecule has 1 aromatic carbocycles. The molecule has 0 saturated heterocycles. The highest BCUT2D eigenvalue weighted by molar-refractivity contribution is 7.80. The summed E-state index contributed by atoms with van der Waals surface area (Å²) in [6.45, 7) is 2.25. The van der Waals surface area contributed by atoms with Gasteiger partial charge < -0.3 is 21.3 Å². The van der Waals surface area contributed by atoms with Crippen LogP contribution in [0.4, 0.5) is 5.69 Å². The summed E-state index contributed by atoms with van der Waals surface area (Å²) in [5, 5.41) is 20.8. The van der Waals surface area contributed by atoms with Crippen molar-refractivity contribution in [1.82, 2.24) is 4.90 Å². The first-order valence-electron chi connectivity index (χ1n) is 6.66. The number of rotatable bonds is 8. The minimum absolute atomic E-state index is 0.0692. The van der Waals surface area contributed by atoms with Gasteiger partial charge in [0.25, 0.3) is 0 Å². The molecule has 0 fully saturated rings. The number of benzene rings is 1. The van der Waals surface area contributed by atoms with Crippen LogP contribution in [0.5, 0.6) is 0 Å². The summed E-state index contributed by atoms with van der Waals surface area (Å²) in [6, 6.07) is 6.46. The second-order valence-electron chi connectivity index (χ2n) is 4.59. The Bertz CT molecular complexity index is 473. The van der Waals surface area contributed by atoms with Crippen LogP contribution in [0.3, 0.4) is 0 Å². The van der Waals surface area contributed by atoms with E-state index in [1.54, 1.807) is 36.1 Å². The first-order valence-corrected chi connectivity index (χ1v) is 7.07. The number of nitrogens with one attached hydrogen (secondary N) is 1. The molecule has 0 aliphatic rings. The first kappa shape index (κ1) is 17.5. The molecule has 7 heteroatoms. The minimum atomic E-state index is -0.459. The summed E-state index contributed by atoms with van der Waals surface area (Å²) in [4.78, 5) is 14.2. The van der Waals surface area contributed by atoms with Crippen molar-refractivity contribution >= 4 is 28.8 Å². The van der Waals surface area contributed by atoms with E-state index in [-0.39, 0.29) is 19.1 Å². The molecule has 0 aliphatic carbocycles. The second-order valence-corrected chi connectivity index (χ2v) is 5.03. The average Bonchev–Trinajstić information content (AvgIpc) is 2.46. The maximum absolute atomic E-state index is 12.2. The van der Waals surface area contributed by atoms with Crippen LogP contribution in [0.1, 0.15) is 12.5 Å². The smallest absolute Gasteiger partial charge is 0.241 e. The number of aliphatic hydroxyl groups is 2. The molecule has 6 nitrogen and oxygen atoms in total. The third-order valence-corrected chi connectivity index (χ3v) is 3.37. The SMILES string of the molecule is CC(C(=O)Nc1ccc(C(N)=S)cc1)N(CCO)CCO. The number of anilines is 1. The van der Waals surface area contributed by atoms with E-state index in [1.807, 2.05) is 0 Å². The van der Waals surface area contributed by atoms with Gasteiger partial charge in [0.05, 0.1) is 19.3 Å². The zero-order chi connectivity index (χ0) is 15.8. The molecule has 1 atom stereocenters. The van der Waals surface area contributed by atoms with Gasteiger partial charge in [-0.25, -0.2) is 0 Å². The normalized spacial score (nSPS) is 12.2. The molecule has 0 saturated carbocycles. The predicted octanol–water partition coefficient (Wildman–Crippen LogP) is -0.0656. The standard InChI is InChI=1S/C14H21N3O3S/c1-10(17(6-8-18)7-9-19)14(20)16-12-4-2-11(3-5-12)13(15)21/h2-5,10,18-19H,6-9H2,1H3,(H2,15,21)(H,16,20). The van der Waals surface area contributed by atoms with Gasteiger partial charge in [-0.1, -0.05) is 12.2 Å². The van der Waals surface area contributed by atoms with Crippen LogP contribution in [-0.2, 0) is 4.79 Å². The summed E-state index contributed by atoms with van der Waals surface area (Å²) in [6.07, 6.45) is 0. The number of amides is 1. The fourth-order valence-electron chi connectivity index (χ4n) is 1.89. The van der Waals surface area contributed by atoms with Crippen LogP contribution in [0.25, 0.3) is 0 Å². The topological polar surface area (TPSA) is 98.8 Å². The Labute approximate surface area is 129 Å². The van der Waals surface area contributed by atoms with Gasteiger partial charge in [-0.3, -0.25) is 9.69 Å². The van der Waals surface area contributed by atoms with Gasteiger partial charge in [0.2, 0.25) is 5.91 Å². The van der Waals surface area contributed by atoms with E-state index in [0.717, 1.165) is 5.56 Å². The van der Waals surface area contributed by atoms with Crippen LogP contribution in [0.2, 0.25) is 0 Å². The average molecular weight is 311 g/mol.